The molecule has 0 aliphatic carbocycles. The summed E-state index contributed by atoms with van der Waals surface area (Å²) in [5.74, 6) is -1.30. The van der Waals surface area contributed by atoms with E-state index in [1.807, 2.05) is 0 Å². The number of likely N-dealkylation sites (tertiary alicyclic amines) is 1. The van der Waals surface area contributed by atoms with Crippen molar-refractivity contribution < 1.29 is 19.5 Å². The highest BCUT2D eigenvalue weighted by Gasteiger charge is 2.27. The molecule has 0 atom stereocenters. The molecule has 0 aromatic heterocycles. The Morgan fingerprint density at radius 3 is 2.19 bits per heavy atom. The molecule has 3 amide bonds. The van der Waals surface area contributed by atoms with Gasteiger partial charge in [0, 0.05) is 24.3 Å². The number of benzene rings is 1. The summed E-state index contributed by atoms with van der Waals surface area (Å²) in [6, 6.07) is 5.75. The van der Waals surface area contributed by atoms with Gasteiger partial charge in [0.25, 0.3) is 5.91 Å². The van der Waals surface area contributed by atoms with Crippen LogP contribution < -0.4 is 11.1 Å². The van der Waals surface area contributed by atoms with Crippen molar-refractivity contribution in [3.8, 4) is 0 Å². The number of rotatable bonds is 3. The maximum atomic E-state index is 12.3. The average Bonchev–Trinajstić information content (AvgIpc) is 2.47. The molecule has 2 rings (SSSR count). The molecule has 0 saturated carbocycles. The predicted molar refractivity (Wildman–Crippen MR) is 75.9 cm³/mol. The van der Waals surface area contributed by atoms with E-state index < -0.39 is 12.0 Å². The first-order chi connectivity index (χ1) is 9.97. The number of aliphatic carboxylic acids is 1. The third-order valence-corrected chi connectivity index (χ3v) is 3.53. The standard InChI is InChI=1S/C14H17N3O4/c15-14(21)16-11-3-1-9(2-4-11)12(18)17-7-5-10(6-8-17)13(19)20/h1-4,10H,5-8H2,(H,19,20)(H3,15,16,21). The molecule has 7 heteroatoms. The molecule has 1 fully saturated rings. The first kappa shape index (κ1) is 14.8. The van der Waals surface area contributed by atoms with E-state index in [1.165, 1.54) is 0 Å². The summed E-state index contributed by atoms with van der Waals surface area (Å²) in [6.45, 7) is 0.883. The SMILES string of the molecule is NC(=O)Nc1ccc(C(=O)N2CCC(C(=O)O)CC2)cc1. The summed E-state index contributed by atoms with van der Waals surface area (Å²) >= 11 is 0. The number of piperidine rings is 1. The number of carboxylic acids is 1. The fourth-order valence-electron chi connectivity index (χ4n) is 2.35. The number of hydrogen-bond acceptors (Lipinski definition) is 3. The van der Waals surface area contributed by atoms with Gasteiger partial charge in [0.15, 0.2) is 0 Å². The lowest BCUT2D eigenvalue weighted by Gasteiger charge is -2.30. The van der Waals surface area contributed by atoms with Crippen molar-refractivity contribution in [1.82, 2.24) is 4.90 Å². The number of carbonyl (C=O) groups is 3. The monoisotopic (exact) mass is 291 g/mol. The van der Waals surface area contributed by atoms with Crippen LogP contribution in [0.15, 0.2) is 24.3 Å². The third kappa shape index (κ3) is 3.71. The minimum absolute atomic E-state index is 0.135. The van der Waals surface area contributed by atoms with Crippen molar-refractivity contribution in [1.29, 1.82) is 0 Å². The summed E-state index contributed by atoms with van der Waals surface area (Å²) in [5, 5.41) is 11.4. The molecule has 1 aliphatic heterocycles. The zero-order valence-corrected chi connectivity index (χ0v) is 11.4. The van der Waals surface area contributed by atoms with Gasteiger partial charge in [0.1, 0.15) is 0 Å². The highest BCUT2D eigenvalue weighted by Crippen LogP contribution is 2.20. The Labute approximate surface area is 121 Å². The van der Waals surface area contributed by atoms with E-state index >= 15 is 0 Å². The smallest absolute Gasteiger partial charge is 0.316 e. The molecule has 0 radical (unpaired) electrons. The fraction of sp³-hybridized carbons (Fsp3) is 0.357. The largest absolute Gasteiger partial charge is 0.481 e. The number of nitrogens with one attached hydrogen (secondary N) is 1. The molecule has 1 heterocycles. The van der Waals surface area contributed by atoms with Crippen LogP contribution in [-0.4, -0.2) is 41.0 Å². The maximum Gasteiger partial charge on any atom is 0.316 e. The molecule has 7 nitrogen and oxygen atoms in total. The third-order valence-electron chi connectivity index (χ3n) is 3.53. The van der Waals surface area contributed by atoms with E-state index in [-0.39, 0.29) is 11.8 Å². The fourth-order valence-corrected chi connectivity index (χ4v) is 2.35. The van der Waals surface area contributed by atoms with Crippen LogP contribution in [0.5, 0.6) is 0 Å². The summed E-state index contributed by atoms with van der Waals surface area (Å²) < 4.78 is 0. The predicted octanol–water partition coefficient (Wildman–Crippen LogP) is 1.11. The van der Waals surface area contributed by atoms with Crippen molar-refractivity contribution in [2.24, 2.45) is 11.7 Å². The van der Waals surface area contributed by atoms with Gasteiger partial charge in [-0.1, -0.05) is 0 Å². The van der Waals surface area contributed by atoms with E-state index in [4.69, 9.17) is 10.8 Å². The minimum Gasteiger partial charge on any atom is -0.481 e. The summed E-state index contributed by atoms with van der Waals surface area (Å²) in [4.78, 5) is 35.5. The number of anilines is 1. The van der Waals surface area contributed by atoms with Gasteiger partial charge in [-0.05, 0) is 37.1 Å². The van der Waals surface area contributed by atoms with Crippen LogP contribution in [0.4, 0.5) is 10.5 Å². The van der Waals surface area contributed by atoms with Crippen LogP contribution in [0.25, 0.3) is 0 Å². The second-order valence-electron chi connectivity index (χ2n) is 4.97. The molecule has 1 aromatic carbocycles. The van der Waals surface area contributed by atoms with Gasteiger partial charge >= 0.3 is 12.0 Å². The molecule has 21 heavy (non-hydrogen) atoms. The van der Waals surface area contributed by atoms with Gasteiger partial charge in [0.05, 0.1) is 5.92 Å². The number of carbonyl (C=O) groups excluding carboxylic acids is 2. The Balaban J connectivity index is 1.97. The molecule has 0 unspecified atom stereocenters. The number of amides is 3. The van der Waals surface area contributed by atoms with Gasteiger partial charge < -0.3 is 21.1 Å². The Hall–Kier alpha value is -2.57. The Kier molecular flexibility index (Phi) is 4.42. The van der Waals surface area contributed by atoms with Crippen molar-refractivity contribution in [2.45, 2.75) is 12.8 Å². The van der Waals surface area contributed by atoms with Gasteiger partial charge in [-0.3, -0.25) is 9.59 Å². The number of nitrogens with two attached hydrogens (primary N) is 1. The summed E-state index contributed by atoms with van der Waals surface area (Å²) in [7, 11) is 0. The van der Waals surface area contributed by atoms with Gasteiger partial charge in [-0.2, -0.15) is 0 Å². The van der Waals surface area contributed by atoms with Gasteiger partial charge in [-0.15, -0.1) is 0 Å². The number of hydrogen-bond donors (Lipinski definition) is 3. The zero-order chi connectivity index (χ0) is 15.4. The van der Waals surface area contributed by atoms with Crippen LogP contribution >= 0.6 is 0 Å². The Morgan fingerprint density at radius 1 is 1.14 bits per heavy atom. The molecule has 0 spiro atoms. The first-order valence-corrected chi connectivity index (χ1v) is 6.66. The van der Waals surface area contributed by atoms with Crippen LogP contribution in [0.1, 0.15) is 23.2 Å². The highest BCUT2D eigenvalue weighted by molar-refractivity contribution is 5.95. The van der Waals surface area contributed by atoms with E-state index in [9.17, 15) is 14.4 Å². The van der Waals surface area contributed by atoms with Crippen LogP contribution in [0.2, 0.25) is 0 Å². The topological polar surface area (TPSA) is 113 Å². The van der Waals surface area contributed by atoms with Crippen LogP contribution in [0.3, 0.4) is 0 Å². The lowest BCUT2D eigenvalue weighted by atomic mass is 9.96. The molecular weight excluding hydrogens is 274 g/mol. The van der Waals surface area contributed by atoms with E-state index in [0.717, 1.165) is 0 Å². The van der Waals surface area contributed by atoms with Crippen molar-refractivity contribution in [2.75, 3.05) is 18.4 Å². The average molecular weight is 291 g/mol. The molecule has 1 aliphatic rings. The normalized spacial score (nSPS) is 15.5. The second-order valence-corrected chi connectivity index (χ2v) is 4.97. The molecule has 0 bridgehead atoms. The molecular formula is C14H17N3O4. The van der Waals surface area contributed by atoms with Crippen molar-refractivity contribution >= 4 is 23.6 Å². The quantitative estimate of drug-likeness (QED) is 0.774. The summed E-state index contributed by atoms with van der Waals surface area (Å²) in [5.41, 5.74) is 6.02. The Bertz CT molecular complexity index is 548. The second kappa shape index (κ2) is 6.25. The maximum absolute atomic E-state index is 12.3. The number of carboxylic acid groups (broad SMARTS) is 1. The highest BCUT2D eigenvalue weighted by atomic mass is 16.4. The van der Waals surface area contributed by atoms with Crippen molar-refractivity contribution in [3.05, 3.63) is 29.8 Å². The molecule has 1 saturated heterocycles. The first-order valence-electron chi connectivity index (χ1n) is 6.66. The van der Waals surface area contributed by atoms with E-state index in [1.54, 1.807) is 29.2 Å². The lowest BCUT2D eigenvalue weighted by molar-refractivity contribution is -0.143. The van der Waals surface area contributed by atoms with E-state index in [0.29, 0.717) is 37.2 Å². The van der Waals surface area contributed by atoms with Crippen LogP contribution in [0, 0.1) is 5.92 Å². The molecule has 1 aromatic rings. The minimum atomic E-state index is -0.802. The van der Waals surface area contributed by atoms with Crippen LogP contribution in [-0.2, 0) is 4.79 Å². The number of urea groups is 1. The number of nitrogens with zero attached hydrogens (tertiary/aromatic N) is 1. The number of primary amides is 1. The molecule has 4 N–H and O–H groups in total. The van der Waals surface area contributed by atoms with E-state index in [2.05, 4.69) is 5.32 Å². The Morgan fingerprint density at radius 2 is 1.71 bits per heavy atom. The van der Waals surface area contributed by atoms with Gasteiger partial charge in [-0.25, -0.2) is 4.79 Å². The lowest BCUT2D eigenvalue weighted by Crippen LogP contribution is -2.40. The zero-order valence-electron chi connectivity index (χ0n) is 11.4. The summed E-state index contributed by atoms with van der Waals surface area (Å²) in [6.07, 6.45) is 0.949. The van der Waals surface area contributed by atoms with Crippen molar-refractivity contribution in [3.63, 3.8) is 0 Å². The van der Waals surface area contributed by atoms with Gasteiger partial charge in [0.2, 0.25) is 0 Å². The molecule has 112 valence electrons.